The minimum Gasteiger partial charge on any atom is -0.497 e. The molecule has 0 spiro atoms. The summed E-state index contributed by atoms with van der Waals surface area (Å²) in [4.78, 5) is 15.2. The number of anilines is 1. The van der Waals surface area contributed by atoms with Crippen LogP contribution in [0.25, 0.3) is 11.6 Å². The van der Waals surface area contributed by atoms with Crippen molar-refractivity contribution in [2.24, 2.45) is 0 Å². The predicted molar refractivity (Wildman–Crippen MR) is 91.5 cm³/mol. The molecule has 7 nitrogen and oxygen atoms in total. The van der Waals surface area contributed by atoms with Gasteiger partial charge in [0.1, 0.15) is 11.2 Å². The van der Waals surface area contributed by atoms with E-state index in [9.17, 15) is 9.36 Å². The Bertz CT molecular complexity index is 863. The molecule has 0 fully saturated rings. The van der Waals surface area contributed by atoms with Crippen LogP contribution < -0.4 is 15.5 Å². The number of carbonyl (C=O) groups excluding carboxylic acids is 1. The van der Waals surface area contributed by atoms with Crippen LogP contribution in [0.5, 0.6) is 5.75 Å². The maximum absolute atomic E-state index is 12.4. The average molecular weight is 348 g/mol. The molecule has 126 valence electrons. The zero-order valence-electron chi connectivity index (χ0n) is 13.5. The van der Waals surface area contributed by atoms with Crippen molar-refractivity contribution in [3.05, 3.63) is 41.6 Å². The summed E-state index contributed by atoms with van der Waals surface area (Å²) >= 11 is 0. The molecule has 0 aliphatic carbocycles. The average Bonchev–Trinajstić information content (AvgIpc) is 3.19. The van der Waals surface area contributed by atoms with Crippen LogP contribution in [-0.2, 0) is 18.4 Å². The molecule has 0 saturated heterocycles. The monoisotopic (exact) mass is 348 g/mol. The van der Waals surface area contributed by atoms with Gasteiger partial charge in [0.15, 0.2) is 0 Å². The third-order valence-corrected chi connectivity index (χ3v) is 5.59. The molecule has 2 N–H and O–H groups in total. The smallest absolute Gasteiger partial charge is 0.376 e. The van der Waals surface area contributed by atoms with E-state index in [4.69, 9.17) is 13.8 Å². The van der Waals surface area contributed by atoms with E-state index in [1.807, 2.05) is 0 Å². The lowest BCUT2D eigenvalue weighted by atomic mass is 10.1. The number of H-pyrrole nitrogens is 1. The lowest BCUT2D eigenvalue weighted by Gasteiger charge is -2.10. The molecule has 0 unspecified atom stereocenters. The van der Waals surface area contributed by atoms with Crippen molar-refractivity contribution in [3.8, 4) is 5.75 Å². The molecule has 8 heteroatoms. The van der Waals surface area contributed by atoms with E-state index in [1.54, 1.807) is 43.5 Å². The fraction of sp³-hybridized carbons (Fsp3) is 0.188. The van der Waals surface area contributed by atoms with Crippen molar-refractivity contribution in [1.82, 2.24) is 4.98 Å². The topological polar surface area (TPSA) is 89.7 Å². The molecule has 1 aromatic heterocycles. The summed E-state index contributed by atoms with van der Waals surface area (Å²) < 4.78 is 27.5. The second-order valence-electron chi connectivity index (χ2n) is 5.09. The minimum absolute atomic E-state index is 0.212. The summed E-state index contributed by atoms with van der Waals surface area (Å²) in [5, 5.41) is 2.80. The van der Waals surface area contributed by atoms with Crippen molar-refractivity contribution in [3.63, 3.8) is 0 Å². The molecule has 1 aliphatic heterocycles. The van der Waals surface area contributed by atoms with Crippen LogP contribution in [-0.4, -0.2) is 32.2 Å². The first-order valence-electron chi connectivity index (χ1n) is 7.13. The quantitative estimate of drug-likeness (QED) is 0.640. The number of methoxy groups -OCH3 is 1. The molecular formula is C16H17N2O5P. The van der Waals surface area contributed by atoms with Gasteiger partial charge in [-0.25, -0.2) is 0 Å². The van der Waals surface area contributed by atoms with E-state index >= 15 is 0 Å². The van der Waals surface area contributed by atoms with E-state index < -0.39 is 7.60 Å². The lowest BCUT2D eigenvalue weighted by molar-refractivity contribution is -0.110. The first kappa shape index (κ1) is 16.5. The number of amides is 1. The summed E-state index contributed by atoms with van der Waals surface area (Å²) in [6, 6.07) is 8.68. The summed E-state index contributed by atoms with van der Waals surface area (Å²) in [7, 11) is 0.844. The molecule has 24 heavy (non-hydrogen) atoms. The maximum atomic E-state index is 12.4. The second kappa shape index (κ2) is 6.28. The van der Waals surface area contributed by atoms with Crippen LogP contribution in [0.3, 0.4) is 0 Å². The molecule has 0 atom stereocenters. The van der Waals surface area contributed by atoms with Gasteiger partial charge in [0, 0.05) is 31.2 Å². The number of benzene rings is 1. The van der Waals surface area contributed by atoms with E-state index in [-0.39, 0.29) is 5.91 Å². The highest BCUT2D eigenvalue weighted by Crippen LogP contribution is 2.44. The Labute approximate surface area is 139 Å². The Kier molecular flexibility index (Phi) is 4.32. The zero-order valence-corrected chi connectivity index (χ0v) is 14.3. The van der Waals surface area contributed by atoms with Gasteiger partial charge >= 0.3 is 7.60 Å². The van der Waals surface area contributed by atoms with Gasteiger partial charge in [-0.3, -0.25) is 9.36 Å². The van der Waals surface area contributed by atoms with E-state index in [2.05, 4.69) is 10.3 Å². The normalized spacial score (nSPS) is 15.5. The number of fused-ring (bicyclic) bond motifs is 1. The molecule has 1 aliphatic rings. The van der Waals surface area contributed by atoms with Gasteiger partial charge in [-0.05, 0) is 36.4 Å². The van der Waals surface area contributed by atoms with Crippen molar-refractivity contribution < 1.29 is 23.1 Å². The van der Waals surface area contributed by atoms with Crippen LogP contribution in [0.4, 0.5) is 5.69 Å². The number of ether oxygens (including phenoxy) is 1. The summed E-state index contributed by atoms with van der Waals surface area (Å²) in [5.41, 5.74) is 2.89. The third kappa shape index (κ3) is 2.78. The van der Waals surface area contributed by atoms with Crippen LogP contribution in [0.2, 0.25) is 0 Å². The molecular weight excluding hydrogens is 331 g/mol. The third-order valence-electron chi connectivity index (χ3n) is 3.78. The molecule has 0 bridgehead atoms. The van der Waals surface area contributed by atoms with E-state index in [1.165, 1.54) is 14.2 Å². The lowest BCUT2D eigenvalue weighted by Crippen LogP contribution is -2.08. The number of aromatic amines is 1. The summed E-state index contributed by atoms with van der Waals surface area (Å²) in [5.74, 6) is 0.447. The number of rotatable bonds is 5. The van der Waals surface area contributed by atoms with Crippen LogP contribution in [0, 0.1) is 0 Å². The highest BCUT2D eigenvalue weighted by molar-refractivity contribution is 7.61. The first-order valence-corrected chi connectivity index (χ1v) is 8.67. The Morgan fingerprint density at radius 2 is 1.83 bits per heavy atom. The number of hydrogen-bond acceptors (Lipinski definition) is 5. The van der Waals surface area contributed by atoms with Gasteiger partial charge in [-0.15, -0.1) is 0 Å². The van der Waals surface area contributed by atoms with Crippen molar-refractivity contribution in [2.75, 3.05) is 26.6 Å². The van der Waals surface area contributed by atoms with E-state index in [0.717, 1.165) is 11.3 Å². The van der Waals surface area contributed by atoms with Gasteiger partial charge in [-0.1, -0.05) is 0 Å². The van der Waals surface area contributed by atoms with Crippen molar-refractivity contribution in [1.29, 1.82) is 0 Å². The molecule has 1 amide bonds. The van der Waals surface area contributed by atoms with E-state index in [0.29, 0.717) is 22.5 Å². The minimum atomic E-state index is -3.36. The van der Waals surface area contributed by atoms with Gasteiger partial charge in [0.25, 0.3) is 5.91 Å². The molecule has 2 aromatic rings. The van der Waals surface area contributed by atoms with Gasteiger partial charge in [-0.2, -0.15) is 0 Å². The van der Waals surface area contributed by atoms with Gasteiger partial charge in [0.2, 0.25) is 0 Å². The summed E-state index contributed by atoms with van der Waals surface area (Å²) in [6.45, 7) is 0. The number of carbonyl (C=O) groups is 1. The second-order valence-corrected chi connectivity index (χ2v) is 7.29. The fourth-order valence-corrected chi connectivity index (χ4v) is 3.57. The number of nitrogens with one attached hydrogen (secondary N) is 2. The van der Waals surface area contributed by atoms with Crippen LogP contribution in [0.15, 0.2) is 30.3 Å². The fourth-order valence-electron chi connectivity index (χ4n) is 2.51. The van der Waals surface area contributed by atoms with Gasteiger partial charge < -0.3 is 24.1 Å². The predicted octanol–water partition coefficient (Wildman–Crippen LogP) is 2.63. The molecule has 0 radical (unpaired) electrons. The SMILES string of the molecule is COc1ccc2c(c1)/C(=C/c1ccc(P(=O)(OC)OC)[nH]1)C(=O)N2. The molecule has 3 rings (SSSR count). The molecule has 0 saturated carbocycles. The highest BCUT2D eigenvalue weighted by atomic mass is 31.2. The Balaban J connectivity index is 2.00. The Hall–Kier alpha value is -2.34. The standard InChI is InChI=1S/C16H17N2O5P/c1-21-11-5-6-14-12(9-11)13(16(19)18-14)8-10-4-7-15(17-10)24(20,22-2)23-3/h4-9,17H,1-3H3,(H,18,19)/b13-8-. The van der Waals surface area contributed by atoms with Crippen molar-refractivity contribution in [2.45, 2.75) is 0 Å². The molecule has 2 heterocycles. The highest BCUT2D eigenvalue weighted by Gasteiger charge is 2.27. The Morgan fingerprint density at radius 1 is 1.08 bits per heavy atom. The van der Waals surface area contributed by atoms with Crippen LogP contribution >= 0.6 is 7.60 Å². The first-order chi connectivity index (χ1) is 11.5. The van der Waals surface area contributed by atoms with Gasteiger partial charge in [0.05, 0.1) is 12.7 Å². The number of aromatic nitrogens is 1. The maximum Gasteiger partial charge on any atom is 0.376 e. The molecule has 1 aromatic carbocycles. The van der Waals surface area contributed by atoms with Crippen molar-refractivity contribution >= 4 is 36.3 Å². The Morgan fingerprint density at radius 3 is 2.50 bits per heavy atom. The largest absolute Gasteiger partial charge is 0.497 e. The zero-order chi connectivity index (χ0) is 17.3. The van der Waals surface area contributed by atoms with Crippen LogP contribution in [0.1, 0.15) is 11.3 Å². The summed E-state index contributed by atoms with van der Waals surface area (Å²) in [6.07, 6.45) is 1.68. The number of hydrogen-bond donors (Lipinski definition) is 2.